The minimum Gasteiger partial charge on any atom is -0.306 e. The zero-order valence-electron chi connectivity index (χ0n) is 10.5. The van der Waals surface area contributed by atoms with Crippen LogP contribution < -0.4 is 5.32 Å². The van der Waals surface area contributed by atoms with Gasteiger partial charge in [-0.15, -0.1) is 0 Å². The van der Waals surface area contributed by atoms with Crippen molar-refractivity contribution in [1.29, 1.82) is 0 Å². The zero-order valence-corrected chi connectivity index (χ0v) is 12.8. The van der Waals surface area contributed by atoms with Crippen molar-refractivity contribution >= 4 is 27.5 Å². The largest absolute Gasteiger partial charge is 0.306 e. The van der Waals surface area contributed by atoms with Gasteiger partial charge < -0.3 is 5.32 Å². The van der Waals surface area contributed by atoms with Gasteiger partial charge >= 0.3 is 0 Å². The van der Waals surface area contributed by atoms with Crippen LogP contribution in [0.25, 0.3) is 0 Å². The lowest BCUT2D eigenvalue weighted by molar-refractivity contribution is 0.569. The summed E-state index contributed by atoms with van der Waals surface area (Å²) >= 11 is 9.58. The SMILES string of the molecule is CC(NCc1cccc(F)c1)c1ccc(Br)cc1Cl. The summed E-state index contributed by atoms with van der Waals surface area (Å²) in [7, 11) is 0. The van der Waals surface area contributed by atoms with E-state index in [0.717, 1.165) is 15.6 Å². The van der Waals surface area contributed by atoms with Gasteiger partial charge in [-0.05, 0) is 42.3 Å². The van der Waals surface area contributed by atoms with Crippen LogP contribution in [0.5, 0.6) is 0 Å². The van der Waals surface area contributed by atoms with Gasteiger partial charge in [-0.2, -0.15) is 0 Å². The molecule has 2 aromatic rings. The van der Waals surface area contributed by atoms with Gasteiger partial charge in [0, 0.05) is 22.1 Å². The van der Waals surface area contributed by atoms with E-state index in [4.69, 9.17) is 11.6 Å². The Labute approximate surface area is 125 Å². The second kappa shape index (κ2) is 6.51. The van der Waals surface area contributed by atoms with Crippen LogP contribution in [0.1, 0.15) is 24.1 Å². The van der Waals surface area contributed by atoms with Gasteiger partial charge in [-0.1, -0.05) is 45.7 Å². The average molecular weight is 343 g/mol. The quantitative estimate of drug-likeness (QED) is 0.816. The topological polar surface area (TPSA) is 12.0 Å². The van der Waals surface area contributed by atoms with Crippen LogP contribution in [-0.4, -0.2) is 0 Å². The summed E-state index contributed by atoms with van der Waals surface area (Å²) < 4.78 is 14.0. The Balaban J connectivity index is 2.03. The lowest BCUT2D eigenvalue weighted by Gasteiger charge is -2.16. The lowest BCUT2D eigenvalue weighted by Crippen LogP contribution is -2.18. The van der Waals surface area contributed by atoms with Gasteiger partial charge in [0.25, 0.3) is 0 Å². The smallest absolute Gasteiger partial charge is 0.123 e. The molecule has 0 spiro atoms. The molecule has 0 radical (unpaired) electrons. The highest BCUT2D eigenvalue weighted by Gasteiger charge is 2.09. The first kappa shape index (κ1) is 14.5. The number of rotatable bonds is 4. The fraction of sp³-hybridized carbons (Fsp3) is 0.200. The summed E-state index contributed by atoms with van der Waals surface area (Å²) in [6, 6.07) is 12.5. The van der Waals surface area contributed by atoms with Crippen LogP contribution in [0.4, 0.5) is 4.39 Å². The predicted molar refractivity (Wildman–Crippen MR) is 80.8 cm³/mol. The van der Waals surface area contributed by atoms with Gasteiger partial charge in [0.05, 0.1) is 0 Å². The van der Waals surface area contributed by atoms with Crippen molar-refractivity contribution in [2.24, 2.45) is 0 Å². The summed E-state index contributed by atoms with van der Waals surface area (Å²) in [5.41, 5.74) is 1.95. The van der Waals surface area contributed by atoms with Crippen LogP contribution in [0.3, 0.4) is 0 Å². The molecule has 4 heteroatoms. The molecule has 0 fully saturated rings. The van der Waals surface area contributed by atoms with E-state index < -0.39 is 0 Å². The maximum Gasteiger partial charge on any atom is 0.123 e. The molecule has 0 saturated carbocycles. The Morgan fingerprint density at radius 1 is 1.26 bits per heavy atom. The van der Waals surface area contributed by atoms with Gasteiger partial charge in [0.1, 0.15) is 5.82 Å². The van der Waals surface area contributed by atoms with E-state index in [1.54, 1.807) is 6.07 Å². The van der Waals surface area contributed by atoms with E-state index in [-0.39, 0.29) is 11.9 Å². The van der Waals surface area contributed by atoms with Crippen LogP contribution in [0, 0.1) is 5.82 Å². The van der Waals surface area contributed by atoms with Gasteiger partial charge in [-0.25, -0.2) is 4.39 Å². The lowest BCUT2D eigenvalue weighted by atomic mass is 10.1. The van der Waals surface area contributed by atoms with Crippen LogP contribution in [0.15, 0.2) is 46.9 Å². The zero-order chi connectivity index (χ0) is 13.8. The highest BCUT2D eigenvalue weighted by Crippen LogP contribution is 2.26. The molecule has 1 atom stereocenters. The van der Waals surface area contributed by atoms with Crippen LogP contribution >= 0.6 is 27.5 Å². The van der Waals surface area contributed by atoms with Crippen molar-refractivity contribution in [2.45, 2.75) is 19.5 Å². The molecule has 2 rings (SSSR count). The second-order valence-corrected chi connectivity index (χ2v) is 5.72. The first-order valence-electron chi connectivity index (χ1n) is 5.99. The van der Waals surface area contributed by atoms with Crippen molar-refractivity contribution in [3.63, 3.8) is 0 Å². The Bertz CT molecular complexity index is 574. The normalized spacial score (nSPS) is 12.4. The van der Waals surface area contributed by atoms with E-state index in [0.29, 0.717) is 11.6 Å². The fourth-order valence-electron chi connectivity index (χ4n) is 1.88. The van der Waals surface area contributed by atoms with E-state index in [2.05, 4.69) is 21.2 Å². The summed E-state index contributed by atoms with van der Waals surface area (Å²) in [5, 5.41) is 4.05. The second-order valence-electron chi connectivity index (χ2n) is 4.40. The first-order valence-corrected chi connectivity index (χ1v) is 7.16. The molecule has 0 aliphatic carbocycles. The van der Waals surface area contributed by atoms with E-state index in [1.807, 2.05) is 31.2 Å². The summed E-state index contributed by atoms with van der Waals surface area (Å²) in [4.78, 5) is 0. The molecular formula is C15H14BrClFN. The van der Waals surface area contributed by atoms with Crippen LogP contribution in [-0.2, 0) is 6.54 Å². The Kier molecular flexibility index (Phi) is 4.97. The Hall–Kier alpha value is -0.900. The van der Waals surface area contributed by atoms with Crippen LogP contribution in [0.2, 0.25) is 5.02 Å². The third kappa shape index (κ3) is 4.03. The highest BCUT2D eigenvalue weighted by molar-refractivity contribution is 9.10. The molecule has 1 N–H and O–H groups in total. The van der Waals surface area contributed by atoms with Crippen molar-refractivity contribution in [3.05, 3.63) is 68.9 Å². The Morgan fingerprint density at radius 3 is 2.74 bits per heavy atom. The maximum absolute atomic E-state index is 13.1. The molecule has 1 nitrogen and oxygen atoms in total. The molecule has 0 heterocycles. The predicted octanol–water partition coefficient (Wildman–Crippen LogP) is 5.09. The Morgan fingerprint density at radius 2 is 2.05 bits per heavy atom. The standard InChI is InChI=1S/C15H14BrClFN/c1-10(14-6-5-12(16)8-15(14)17)19-9-11-3-2-4-13(18)7-11/h2-8,10,19H,9H2,1H3. The molecule has 0 saturated heterocycles. The third-order valence-electron chi connectivity index (χ3n) is 2.93. The molecule has 0 amide bonds. The van der Waals surface area contributed by atoms with Gasteiger partial charge in [0.15, 0.2) is 0 Å². The molecular weight excluding hydrogens is 329 g/mol. The van der Waals surface area contributed by atoms with Gasteiger partial charge in [-0.3, -0.25) is 0 Å². The average Bonchev–Trinajstić information content (AvgIpc) is 2.36. The molecule has 0 aliphatic heterocycles. The molecule has 1 unspecified atom stereocenters. The van der Waals surface area contributed by atoms with E-state index >= 15 is 0 Å². The minimum atomic E-state index is -0.214. The van der Waals surface area contributed by atoms with Crippen molar-refractivity contribution in [3.8, 4) is 0 Å². The van der Waals surface area contributed by atoms with Gasteiger partial charge in [0.2, 0.25) is 0 Å². The number of hydrogen-bond donors (Lipinski definition) is 1. The number of halogens is 3. The molecule has 2 aromatic carbocycles. The molecule has 100 valence electrons. The summed E-state index contributed by atoms with van der Waals surface area (Å²) in [6.45, 7) is 2.64. The number of nitrogens with one attached hydrogen (secondary N) is 1. The highest BCUT2D eigenvalue weighted by atomic mass is 79.9. The minimum absolute atomic E-state index is 0.101. The van der Waals surface area contributed by atoms with Crippen molar-refractivity contribution in [1.82, 2.24) is 5.32 Å². The van der Waals surface area contributed by atoms with E-state index in [1.165, 1.54) is 12.1 Å². The van der Waals surface area contributed by atoms with E-state index in [9.17, 15) is 4.39 Å². The first-order chi connectivity index (χ1) is 9.06. The summed E-state index contributed by atoms with van der Waals surface area (Å²) in [5.74, 6) is -0.214. The molecule has 19 heavy (non-hydrogen) atoms. The molecule has 0 aromatic heterocycles. The number of hydrogen-bond acceptors (Lipinski definition) is 1. The van der Waals surface area contributed by atoms with Crippen molar-refractivity contribution < 1.29 is 4.39 Å². The molecule has 0 aliphatic rings. The maximum atomic E-state index is 13.1. The monoisotopic (exact) mass is 341 g/mol. The number of benzene rings is 2. The molecule has 0 bridgehead atoms. The fourth-order valence-corrected chi connectivity index (χ4v) is 2.72. The summed E-state index contributed by atoms with van der Waals surface area (Å²) in [6.07, 6.45) is 0. The van der Waals surface area contributed by atoms with Crippen molar-refractivity contribution in [2.75, 3.05) is 0 Å². The third-order valence-corrected chi connectivity index (χ3v) is 3.75.